The minimum Gasteiger partial charge on any atom is -0.496 e. The van der Waals surface area contributed by atoms with E-state index in [0.29, 0.717) is 0 Å². The van der Waals surface area contributed by atoms with Gasteiger partial charge in [-0.15, -0.1) is 0 Å². The Bertz CT molecular complexity index is 648. The fourth-order valence-electron chi connectivity index (χ4n) is 3.32. The topological polar surface area (TPSA) is 13.7 Å². The maximum absolute atomic E-state index is 5.41. The van der Waals surface area contributed by atoms with E-state index in [2.05, 4.69) is 50.2 Å². The quantitative estimate of drug-likeness (QED) is 0.913. The Morgan fingerprint density at radius 1 is 1.05 bits per heavy atom. The maximum atomic E-state index is 5.41. The van der Waals surface area contributed by atoms with Crippen molar-refractivity contribution in [2.45, 2.75) is 33.4 Å². The van der Waals surface area contributed by atoms with Crippen LogP contribution < -0.4 is 9.64 Å². The van der Waals surface area contributed by atoms with Crippen LogP contribution in [-0.4, -0.2) is 13.7 Å². The van der Waals surface area contributed by atoms with E-state index in [1.807, 2.05) is 0 Å². The number of ether oxygens (including phenoxy) is 1. The van der Waals surface area contributed by atoms with Gasteiger partial charge in [-0.2, -0.15) is 0 Å². The van der Waals surface area contributed by atoms with Gasteiger partial charge in [0.05, 0.1) is 13.7 Å². The first-order valence-electron chi connectivity index (χ1n) is 7.72. The van der Waals surface area contributed by atoms with Gasteiger partial charge in [0.2, 0.25) is 0 Å². The van der Waals surface area contributed by atoms with Gasteiger partial charge in [-0.1, -0.05) is 24.3 Å². The minimum atomic E-state index is 0.996. The third kappa shape index (κ3) is 2.96. The highest BCUT2D eigenvalue weighted by Gasteiger charge is 2.20. The Morgan fingerprint density at radius 3 is 2.57 bits per heavy atom. The normalized spacial score (nSPS) is 17.4. The van der Waals surface area contributed by atoms with E-state index in [-0.39, 0.29) is 0 Å². The third-order valence-electron chi connectivity index (χ3n) is 4.60. The second-order valence-electron chi connectivity index (χ2n) is 6.12. The molecule has 2 nitrogen and oxygen atoms in total. The summed E-state index contributed by atoms with van der Waals surface area (Å²) >= 11 is 0. The summed E-state index contributed by atoms with van der Waals surface area (Å²) < 4.78 is 5.41. The van der Waals surface area contributed by atoms with Crippen LogP contribution in [0.1, 0.15) is 27.8 Å². The molecule has 1 aliphatic heterocycles. The summed E-state index contributed by atoms with van der Waals surface area (Å²) in [5.74, 6) is 0.996. The number of aryl methyl sites for hydroxylation is 2. The average Bonchev–Trinajstić information content (AvgIpc) is 2.50. The Morgan fingerprint density at radius 2 is 1.81 bits per heavy atom. The highest BCUT2D eigenvalue weighted by atomic mass is 16.5. The highest BCUT2D eigenvalue weighted by Crippen LogP contribution is 2.22. The summed E-state index contributed by atoms with van der Waals surface area (Å²) in [5.41, 5.74) is 7.06. The number of rotatable bonds is 3. The van der Waals surface area contributed by atoms with Crippen molar-refractivity contribution in [3.05, 3.63) is 64.2 Å². The molecule has 3 rings (SSSR count). The molecule has 2 aromatic carbocycles. The van der Waals surface area contributed by atoms with Crippen LogP contribution in [-0.2, 0) is 19.5 Å². The summed E-state index contributed by atoms with van der Waals surface area (Å²) in [6.07, 6.45) is 1.19. The highest BCUT2D eigenvalue weighted by molar-refractivity contribution is 5.41. The molecule has 110 valence electrons. The molecule has 1 heterocycles. The molecule has 0 aliphatic carbocycles. The first kappa shape index (κ1) is 14.2. The molecular formula is C19H24NO+. The summed E-state index contributed by atoms with van der Waals surface area (Å²) in [6.45, 7) is 7.78. The number of hydrogen-bond acceptors (Lipinski definition) is 1. The zero-order valence-electron chi connectivity index (χ0n) is 13.2. The van der Waals surface area contributed by atoms with Crippen LogP contribution >= 0.6 is 0 Å². The predicted octanol–water partition coefficient (Wildman–Crippen LogP) is 2.45. The van der Waals surface area contributed by atoms with Gasteiger partial charge < -0.3 is 9.64 Å². The van der Waals surface area contributed by atoms with Crippen LogP contribution in [0.5, 0.6) is 5.75 Å². The summed E-state index contributed by atoms with van der Waals surface area (Å²) in [4.78, 5) is 1.65. The second-order valence-corrected chi connectivity index (χ2v) is 6.12. The summed E-state index contributed by atoms with van der Waals surface area (Å²) in [7, 11) is 1.74. The lowest BCUT2D eigenvalue weighted by Gasteiger charge is -2.26. The fourth-order valence-corrected chi connectivity index (χ4v) is 3.32. The fraction of sp³-hybridized carbons (Fsp3) is 0.368. The number of hydrogen-bond donors (Lipinski definition) is 1. The van der Waals surface area contributed by atoms with Crippen LogP contribution in [0.15, 0.2) is 36.4 Å². The predicted molar refractivity (Wildman–Crippen MR) is 85.9 cm³/mol. The number of benzene rings is 2. The molecule has 0 saturated carbocycles. The van der Waals surface area contributed by atoms with E-state index in [1.54, 1.807) is 12.0 Å². The van der Waals surface area contributed by atoms with Crippen molar-refractivity contribution in [3.63, 3.8) is 0 Å². The van der Waals surface area contributed by atoms with Crippen LogP contribution in [0, 0.1) is 13.8 Å². The van der Waals surface area contributed by atoms with Crippen LogP contribution in [0.2, 0.25) is 0 Å². The molecule has 1 aliphatic rings. The van der Waals surface area contributed by atoms with Gasteiger partial charge >= 0.3 is 0 Å². The molecule has 2 heteroatoms. The van der Waals surface area contributed by atoms with Crippen LogP contribution in [0.3, 0.4) is 0 Å². The molecule has 1 atom stereocenters. The van der Waals surface area contributed by atoms with Gasteiger partial charge in [-0.3, -0.25) is 0 Å². The van der Waals surface area contributed by atoms with Gasteiger partial charge in [0, 0.05) is 17.5 Å². The van der Waals surface area contributed by atoms with Crippen molar-refractivity contribution in [1.82, 2.24) is 0 Å². The zero-order chi connectivity index (χ0) is 14.8. The Hall–Kier alpha value is -1.80. The van der Waals surface area contributed by atoms with Gasteiger partial charge in [0.1, 0.15) is 18.8 Å². The molecule has 0 amide bonds. The average molecular weight is 282 g/mol. The number of methoxy groups -OCH3 is 1. The second kappa shape index (κ2) is 5.90. The first-order valence-corrected chi connectivity index (χ1v) is 7.72. The van der Waals surface area contributed by atoms with Crippen molar-refractivity contribution >= 4 is 0 Å². The standard InChI is InChI=1S/C19H23NO/c1-14-11-19(21-3)15(2)10-18(14)13-20-9-8-16-6-4-5-7-17(16)12-20/h4-7,10-11H,8-9,12-13H2,1-3H3/p+1. The molecule has 0 aromatic heterocycles. The van der Waals surface area contributed by atoms with Crippen molar-refractivity contribution in [1.29, 1.82) is 0 Å². The number of fused-ring (bicyclic) bond motifs is 1. The summed E-state index contributed by atoms with van der Waals surface area (Å²) in [6, 6.07) is 13.3. The molecule has 1 N–H and O–H groups in total. The monoisotopic (exact) mass is 282 g/mol. The van der Waals surface area contributed by atoms with Crippen molar-refractivity contribution in [2.75, 3.05) is 13.7 Å². The molecule has 0 saturated heterocycles. The molecule has 0 bridgehead atoms. The Labute approximate surface area is 127 Å². The molecule has 0 radical (unpaired) electrons. The van der Waals surface area contributed by atoms with Crippen LogP contribution in [0.25, 0.3) is 0 Å². The molecule has 1 unspecified atom stereocenters. The summed E-state index contributed by atoms with van der Waals surface area (Å²) in [5, 5.41) is 0. The molecule has 0 fully saturated rings. The lowest BCUT2D eigenvalue weighted by atomic mass is 9.98. The van der Waals surface area contributed by atoms with Gasteiger partial charge in [-0.05, 0) is 42.7 Å². The van der Waals surface area contributed by atoms with E-state index in [0.717, 1.165) is 18.8 Å². The lowest BCUT2D eigenvalue weighted by Crippen LogP contribution is -3.10. The Kier molecular flexibility index (Phi) is 3.98. The largest absolute Gasteiger partial charge is 0.496 e. The zero-order valence-corrected chi connectivity index (χ0v) is 13.2. The lowest BCUT2D eigenvalue weighted by molar-refractivity contribution is -0.929. The van der Waals surface area contributed by atoms with Crippen molar-refractivity contribution in [3.8, 4) is 5.75 Å². The van der Waals surface area contributed by atoms with Gasteiger partial charge in [0.25, 0.3) is 0 Å². The minimum absolute atomic E-state index is 0.996. The number of quaternary nitrogens is 1. The smallest absolute Gasteiger partial charge is 0.122 e. The van der Waals surface area contributed by atoms with Crippen molar-refractivity contribution in [2.24, 2.45) is 0 Å². The maximum Gasteiger partial charge on any atom is 0.122 e. The molecule has 2 aromatic rings. The van der Waals surface area contributed by atoms with Crippen LogP contribution in [0.4, 0.5) is 0 Å². The van der Waals surface area contributed by atoms with Crippen molar-refractivity contribution < 1.29 is 9.64 Å². The van der Waals surface area contributed by atoms with E-state index in [9.17, 15) is 0 Å². The van der Waals surface area contributed by atoms with E-state index in [1.165, 1.54) is 40.8 Å². The third-order valence-corrected chi connectivity index (χ3v) is 4.60. The molecular weight excluding hydrogens is 258 g/mol. The van der Waals surface area contributed by atoms with E-state index >= 15 is 0 Å². The molecule has 21 heavy (non-hydrogen) atoms. The first-order chi connectivity index (χ1) is 10.2. The Balaban J connectivity index is 1.78. The van der Waals surface area contributed by atoms with Gasteiger partial charge in [0.15, 0.2) is 0 Å². The number of nitrogens with one attached hydrogen (secondary N) is 1. The SMILES string of the molecule is COc1cc(C)c(C[NH+]2CCc3ccccc3C2)cc1C. The molecule has 0 spiro atoms. The van der Waals surface area contributed by atoms with E-state index in [4.69, 9.17) is 4.74 Å². The van der Waals surface area contributed by atoms with Gasteiger partial charge in [-0.25, -0.2) is 0 Å². The van der Waals surface area contributed by atoms with E-state index < -0.39 is 0 Å².